The number of hydrogen-bond acceptors (Lipinski definition) is 5. The SMILES string of the molecule is CC/C=C\C/C=C\C/C=C\C/C=C\C/C=C\C/C=C\CCCCCCCCCCCCCCCCCCCCC(=O)OC(CO)COC(=O)CCCCCCCCCCCCCCCCC/C=C\C/C=C\CCCCCCC. The van der Waals surface area contributed by atoms with Crippen molar-refractivity contribution in [2.45, 2.75) is 341 Å². The van der Waals surface area contributed by atoms with E-state index in [4.69, 9.17) is 9.47 Å². The van der Waals surface area contributed by atoms with E-state index in [-0.39, 0.29) is 25.2 Å². The lowest BCUT2D eigenvalue weighted by Crippen LogP contribution is -2.28. The van der Waals surface area contributed by atoms with Crippen LogP contribution in [0.2, 0.25) is 0 Å². The lowest BCUT2D eigenvalue weighted by atomic mass is 10.0. The normalized spacial score (nSPS) is 12.8. The van der Waals surface area contributed by atoms with Crippen molar-refractivity contribution in [3.05, 3.63) is 97.2 Å². The molecule has 0 bridgehead atoms. The van der Waals surface area contributed by atoms with Crippen molar-refractivity contribution >= 4 is 11.9 Å². The molecule has 0 heterocycles. The zero-order valence-corrected chi connectivity index (χ0v) is 51.7. The van der Waals surface area contributed by atoms with E-state index in [2.05, 4.69) is 111 Å². The first-order valence-corrected chi connectivity index (χ1v) is 33.8. The molecule has 0 saturated carbocycles. The number of esters is 2. The summed E-state index contributed by atoms with van der Waals surface area (Å²) >= 11 is 0. The Balaban J connectivity index is 3.45. The number of hydrogen-bond donors (Lipinski definition) is 1. The van der Waals surface area contributed by atoms with E-state index in [0.29, 0.717) is 12.8 Å². The molecule has 0 aliphatic carbocycles. The van der Waals surface area contributed by atoms with Gasteiger partial charge in [0.05, 0.1) is 6.61 Å². The largest absolute Gasteiger partial charge is 0.462 e. The second-order valence-electron chi connectivity index (χ2n) is 22.5. The number of aliphatic hydroxyl groups is 1. The van der Waals surface area contributed by atoms with Gasteiger partial charge in [0.15, 0.2) is 6.10 Å². The van der Waals surface area contributed by atoms with Crippen molar-refractivity contribution in [3.8, 4) is 0 Å². The molecule has 0 saturated heterocycles. The Bertz CT molecular complexity index is 1460. The second-order valence-corrected chi connectivity index (χ2v) is 22.5. The fourth-order valence-corrected chi connectivity index (χ4v) is 9.83. The molecule has 0 fully saturated rings. The molecule has 450 valence electrons. The van der Waals surface area contributed by atoms with Crippen LogP contribution in [0.4, 0.5) is 0 Å². The number of rotatable bonds is 62. The quantitative estimate of drug-likeness (QED) is 0.0373. The molecule has 0 amide bonds. The van der Waals surface area contributed by atoms with Gasteiger partial charge in [-0.2, -0.15) is 0 Å². The van der Waals surface area contributed by atoms with Gasteiger partial charge in [0.25, 0.3) is 0 Å². The molecule has 1 unspecified atom stereocenters. The second kappa shape index (κ2) is 68.1. The van der Waals surface area contributed by atoms with Crippen LogP contribution in [0, 0.1) is 0 Å². The van der Waals surface area contributed by atoms with Gasteiger partial charge in [-0.3, -0.25) is 9.59 Å². The van der Waals surface area contributed by atoms with Crippen LogP contribution in [-0.2, 0) is 19.1 Å². The van der Waals surface area contributed by atoms with E-state index in [9.17, 15) is 14.7 Å². The fourth-order valence-electron chi connectivity index (χ4n) is 9.83. The summed E-state index contributed by atoms with van der Waals surface area (Å²) < 4.78 is 10.8. The van der Waals surface area contributed by atoms with Crippen LogP contribution in [0.15, 0.2) is 97.2 Å². The molecule has 0 rings (SSSR count). The number of carbonyl (C=O) groups is 2. The van der Waals surface area contributed by atoms with Crippen LogP contribution in [0.3, 0.4) is 0 Å². The minimum Gasteiger partial charge on any atom is -0.462 e. The average Bonchev–Trinajstić information content (AvgIpc) is 3.44. The maximum Gasteiger partial charge on any atom is 0.306 e. The Labute approximate surface area is 485 Å². The van der Waals surface area contributed by atoms with Gasteiger partial charge in [-0.15, -0.1) is 0 Å². The smallest absolute Gasteiger partial charge is 0.306 e. The highest BCUT2D eigenvalue weighted by atomic mass is 16.6. The minimum atomic E-state index is -0.776. The zero-order chi connectivity index (χ0) is 56.2. The van der Waals surface area contributed by atoms with Crippen molar-refractivity contribution in [3.63, 3.8) is 0 Å². The third-order valence-electron chi connectivity index (χ3n) is 14.9. The third kappa shape index (κ3) is 65.3. The van der Waals surface area contributed by atoms with Crippen molar-refractivity contribution in [2.75, 3.05) is 13.2 Å². The maximum absolute atomic E-state index is 12.4. The van der Waals surface area contributed by atoms with E-state index in [0.717, 1.165) is 83.5 Å². The van der Waals surface area contributed by atoms with E-state index in [1.54, 1.807) is 0 Å². The highest BCUT2D eigenvalue weighted by molar-refractivity contribution is 5.70. The zero-order valence-electron chi connectivity index (χ0n) is 51.7. The summed E-state index contributed by atoms with van der Waals surface area (Å²) in [6, 6.07) is 0. The molecule has 0 radical (unpaired) electrons. The molecular weight excluding hydrogens is 957 g/mol. The number of carbonyl (C=O) groups excluding carboxylic acids is 2. The van der Waals surface area contributed by atoms with Crippen LogP contribution in [0.5, 0.6) is 0 Å². The van der Waals surface area contributed by atoms with Crippen LogP contribution >= 0.6 is 0 Å². The molecule has 0 aromatic rings. The van der Waals surface area contributed by atoms with Crippen LogP contribution in [0.25, 0.3) is 0 Å². The summed E-state index contributed by atoms with van der Waals surface area (Å²) in [5.74, 6) is -0.578. The van der Waals surface area contributed by atoms with Gasteiger partial charge in [-0.25, -0.2) is 0 Å². The summed E-state index contributed by atoms with van der Waals surface area (Å²) in [7, 11) is 0. The minimum absolute atomic E-state index is 0.0650. The number of aliphatic hydroxyl groups excluding tert-OH is 1. The van der Waals surface area contributed by atoms with Gasteiger partial charge >= 0.3 is 11.9 Å². The summed E-state index contributed by atoms with van der Waals surface area (Å²) in [6.45, 7) is 4.05. The summed E-state index contributed by atoms with van der Waals surface area (Å²) in [4.78, 5) is 24.6. The molecule has 1 atom stereocenters. The number of ether oxygens (including phenoxy) is 2. The highest BCUT2D eigenvalue weighted by Gasteiger charge is 2.16. The first kappa shape index (κ1) is 74.8. The highest BCUT2D eigenvalue weighted by Crippen LogP contribution is 2.18. The van der Waals surface area contributed by atoms with Gasteiger partial charge < -0.3 is 14.6 Å². The molecule has 0 aromatic carbocycles. The molecule has 1 N–H and O–H groups in total. The topological polar surface area (TPSA) is 72.8 Å². The predicted octanol–water partition coefficient (Wildman–Crippen LogP) is 23.4. The summed E-state index contributed by atoms with van der Waals surface area (Å²) in [6.07, 6.45) is 97.1. The molecule has 0 spiro atoms. The van der Waals surface area contributed by atoms with Crippen LogP contribution in [-0.4, -0.2) is 36.4 Å². The molecule has 0 aliphatic rings. The molecular formula is C73H128O5. The van der Waals surface area contributed by atoms with Gasteiger partial charge in [0, 0.05) is 12.8 Å². The lowest BCUT2D eigenvalue weighted by Gasteiger charge is -2.15. The molecule has 78 heavy (non-hydrogen) atoms. The monoisotopic (exact) mass is 1080 g/mol. The van der Waals surface area contributed by atoms with Crippen molar-refractivity contribution in [2.24, 2.45) is 0 Å². The van der Waals surface area contributed by atoms with Crippen molar-refractivity contribution in [1.82, 2.24) is 0 Å². The number of allylic oxidation sites excluding steroid dienone is 16. The summed E-state index contributed by atoms with van der Waals surface area (Å²) in [5, 5.41) is 9.70. The number of unbranched alkanes of at least 4 members (excludes halogenated alkanes) is 38. The third-order valence-corrected chi connectivity index (χ3v) is 14.9. The average molecular weight is 1090 g/mol. The van der Waals surface area contributed by atoms with Gasteiger partial charge in [-0.05, 0) is 96.3 Å². The molecule has 0 aromatic heterocycles. The van der Waals surface area contributed by atoms with E-state index >= 15 is 0 Å². The van der Waals surface area contributed by atoms with Crippen molar-refractivity contribution in [1.29, 1.82) is 0 Å². The Morgan fingerprint density at radius 3 is 0.833 bits per heavy atom. The maximum atomic E-state index is 12.4. The van der Waals surface area contributed by atoms with Crippen LogP contribution in [0.1, 0.15) is 335 Å². The Morgan fingerprint density at radius 1 is 0.308 bits per heavy atom. The first-order valence-electron chi connectivity index (χ1n) is 33.8. The van der Waals surface area contributed by atoms with Gasteiger partial charge in [-0.1, -0.05) is 323 Å². The standard InChI is InChI=1S/C73H128O5/c1-3-5-7-9-11-13-15-17-19-21-23-25-27-29-31-32-33-34-35-36-37-38-39-40-42-44-46-48-50-52-54-56-58-60-62-64-66-68-73(76)78-71(69-74)70-77-72(75)67-65-63-61-59-57-55-53-51-49-47-45-43-41-30-28-26-24-22-20-18-16-14-12-10-8-6-4-2/h5,7,11,13,16-19,22-25,29,31,33-34,71,74H,3-4,6,8-10,12,14-15,20-21,26-28,30,32,35-70H2,1-2H3/b7-5-,13-11-,18-16-,19-17-,24-22-,25-23-,31-29-,34-33-. The Hall–Kier alpha value is -3.18. The van der Waals surface area contributed by atoms with Crippen molar-refractivity contribution < 1.29 is 24.2 Å². The van der Waals surface area contributed by atoms with Crippen LogP contribution < -0.4 is 0 Å². The molecule has 5 heteroatoms. The van der Waals surface area contributed by atoms with E-state index in [1.165, 1.54) is 225 Å². The molecule has 0 aliphatic heterocycles. The fraction of sp³-hybridized carbons (Fsp3) is 0.753. The predicted molar refractivity (Wildman–Crippen MR) is 343 cm³/mol. The van der Waals surface area contributed by atoms with E-state index in [1.807, 2.05) is 0 Å². The van der Waals surface area contributed by atoms with Gasteiger partial charge in [0.1, 0.15) is 6.61 Å². The molecule has 5 nitrogen and oxygen atoms in total. The van der Waals surface area contributed by atoms with Gasteiger partial charge in [0.2, 0.25) is 0 Å². The lowest BCUT2D eigenvalue weighted by molar-refractivity contribution is -0.161. The summed E-state index contributed by atoms with van der Waals surface area (Å²) in [5.41, 5.74) is 0. The Kier molecular flexibility index (Phi) is 65.3. The Morgan fingerprint density at radius 2 is 0.551 bits per heavy atom. The van der Waals surface area contributed by atoms with E-state index < -0.39 is 6.10 Å². The first-order chi connectivity index (χ1) is 38.6.